The van der Waals surface area contributed by atoms with Gasteiger partial charge in [-0.05, 0) is 25.7 Å². The van der Waals surface area contributed by atoms with E-state index in [1.807, 2.05) is 5.38 Å². The highest BCUT2D eigenvalue weighted by molar-refractivity contribution is 7.89. The molecule has 1 N–H and O–H groups in total. The van der Waals surface area contributed by atoms with Gasteiger partial charge in [-0.25, -0.2) is 17.7 Å². The predicted octanol–water partition coefficient (Wildman–Crippen LogP) is 1.79. The first-order valence-electron chi connectivity index (χ1n) is 8.19. The van der Waals surface area contributed by atoms with Crippen molar-refractivity contribution >= 4 is 27.3 Å². The van der Waals surface area contributed by atoms with Crippen LogP contribution in [0.2, 0.25) is 0 Å². The van der Waals surface area contributed by atoms with E-state index in [1.165, 1.54) is 0 Å². The third-order valence-electron chi connectivity index (χ3n) is 3.95. The number of amides is 1. The Morgan fingerprint density at radius 2 is 2.04 bits per heavy atom. The van der Waals surface area contributed by atoms with Crippen LogP contribution in [0, 0.1) is 0 Å². The van der Waals surface area contributed by atoms with Crippen LogP contribution in [-0.4, -0.2) is 49.0 Å². The lowest BCUT2D eigenvalue weighted by atomic mass is 10.2. The Balaban J connectivity index is 1.56. The van der Waals surface area contributed by atoms with E-state index in [4.69, 9.17) is 0 Å². The Morgan fingerprint density at radius 3 is 2.74 bits per heavy atom. The molecular formula is C15H25N3O3S2. The van der Waals surface area contributed by atoms with Crippen molar-refractivity contribution in [3.8, 4) is 0 Å². The van der Waals surface area contributed by atoms with Gasteiger partial charge >= 0.3 is 0 Å². The molecule has 0 bridgehead atoms. The second-order valence-electron chi connectivity index (χ2n) is 5.81. The van der Waals surface area contributed by atoms with E-state index in [0.717, 1.165) is 31.4 Å². The highest BCUT2D eigenvalue weighted by atomic mass is 32.2. The molecule has 8 heteroatoms. The van der Waals surface area contributed by atoms with Crippen LogP contribution in [0.25, 0.3) is 0 Å². The van der Waals surface area contributed by atoms with E-state index in [-0.39, 0.29) is 11.7 Å². The molecule has 2 heterocycles. The van der Waals surface area contributed by atoms with Crippen LogP contribution in [0.1, 0.15) is 44.2 Å². The normalized spacial score (nSPS) is 16.3. The largest absolute Gasteiger partial charge is 0.356 e. The molecule has 0 aromatic carbocycles. The maximum atomic E-state index is 12.2. The monoisotopic (exact) mass is 359 g/mol. The van der Waals surface area contributed by atoms with E-state index in [9.17, 15) is 13.2 Å². The zero-order chi connectivity index (χ0) is 16.5. The summed E-state index contributed by atoms with van der Waals surface area (Å²) in [5.74, 6) is 0.134. The van der Waals surface area contributed by atoms with Crippen molar-refractivity contribution in [2.75, 3.05) is 25.4 Å². The molecule has 0 radical (unpaired) electrons. The van der Waals surface area contributed by atoms with Gasteiger partial charge in [0.1, 0.15) is 0 Å². The van der Waals surface area contributed by atoms with Crippen LogP contribution in [0.4, 0.5) is 0 Å². The summed E-state index contributed by atoms with van der Waals surface area (Å²) >= 11 is 1.54. The molecule has 1 aliphatic rings. The third kappa shape index (κ3) is 6.56. The summed E-state index contributed by atoms with van der Waals surface area (Å²) < 4.78 is 25.9. The molecule has 2 rings (SSSR count). The number of nitrogens with zero attached hydrogens (tertiary/aromatic N) is 2. The predicted molar refractivity (Wildman–Crippen MR) is 91.9 cm³/mol. The minimum atomic E-state index is -3.13. The molecule has 23 heavy (non-hydrogen) atoms. The van der Waals surface area contributed by atoms with E-state index in [2.05, 4.69) is 10.3 Å². The van der Waals surface area contributed by atoms with Gasteiger partial charge in [-0.3, -0.25) is 4.79 Å². The average Bonchev–Trinajstić information content (AvgIpc) is 3.06. The molecule has 1 amide bonds. The number of aromatic nitrogens is 1. The molecule has 1 saturated heterocycles. The van der Waals surface area contributed by atoms with Crippen molar-refractivity contribution in [3.05, 3.63) is 16.6 Å². The summed E-state index contributed by atoms with van der Waals surface area (Å²) in [4.78, 5) is 15.9. The third-order valence-corrected chi connectivity index (χ3v) is 6.54. The zero-order valence-electron chi connectivity index (χ0n) is 13.4. The number of hydrogen-bond donors (Lipinski definition) is 1. The van der Waals surface area contributed by atoms with E-state index in [0.29, 0.717) is 38.9 Å². The summed E-state index contributed by atoms with van der Waals surface area (Å²) in [7, 11) is -3.13. The molecule has 0 aliphatic carbocycles. The first-order valence-corrected chi connectivity index (χ1v) is 10.7. The van der Waals surface area contributed by atoms with Gasteiger partial charge in [0, 0.05) is 37.9 Å². The van der Waals surface area contributed by atoms with Crippen molar-refractivity contribution < 1.29 is 13.2 Å². The lowest BCUT2D eigenvalue weighted by Crippen LogP contribution is -2.37. The van der Waals surface area contributed by atoms with Crippen molar-refractivity contribution in [2.45, 2.75) is 44.9 Å². The van der Waals surface area contributed by atoms with Crippen LogP contribution in [0.5, 0.6) is 0 Å². The Kier molecular flexibility index (Phi) is 7.45. The van der Waals surface area contributed by atoms with Crippen LogP contribution in [-0.2, 0) is 21.2 Å². The van der Waals surface area contributed by atoms with E-state index >= 15 is 0 Å². The number of piperidine rings is 1. The van der Waals surface area contributed by atoms with Crippen molar-refractivity contribution in [2.24, 2.45) is 0 Å². The van der Waals surface area contributed by atoms with E-state index in [1.54, 1.807) is 21.2 Å². The van der Waals surface area contributed by atoms with Gasteiger partial charge in [0.05, 0.1) is 17.0 Å². The summed E-state index contributed by atoms with van der Waals surface area (Å²) in [5, 5.41) is 4.82. The summed E-state index contributed by atoms with van der Waals surface area (Å²) in [6.07, 6.45) is 5.30. The number of thiazole rings is 1. The smallest absolute Gasteiger partial charge is 0.220 e. The van der Waals surface area contributed by atoms with Crippen LogP contribution >= 0.6 is 11.3 Å². The Labute approximate surface area is 142 Å². The minimum Gasteiger partial charge on any atom is -0.356 e. The van der Waals surface area contributed by atoms with Gasteiger partial charge in [0.25, 0.3) is 0 Å². The highest BCUT2D eigenvalue weighted by Gasteiger charge is 2.23. The fraction of sp³-hybridized carbons (Fsp3) is 0.733. The highest BCUT2D eigenvalue weighted by Crippen LogP contribution is 2.14. The molecule has 0 spiro atoms. The second kappa shape index (κ2) is 9.34. The van der Waals surface area contributed by atoms with Gasteiger partial charge in [0.15, 0.2) is 0 Å². The van der Waals surface area contributed by atoms with Crippen LogP contribution < -0.4 is 5.32 Å². The zero-order valence-corrected chi connectivity index (χ0v) is 15.0. The van der Waals surface area contributed by atoms with E-state index < -0.39 is 10.0 Å². The quantitative estimate of drug-likeness (QED) is 0.682. The number of sulfonamides is 1. The van der Waals surface area contributed by atoms with Gasteiger partial charge in [-0.2, -0.15) is 0 Å². The number of rotatable bonds is 9. The van der Waals surface area contributed by atoms with Gasteiger partial charge in [-0.15, -0.1) is 11.3 Å². The van der Waals surface area contributed by atoms with Gasteiger partial charge in [0.2, 0.25) is 15.9 Å². The minimum absolute atomic E-state index is 0.0180. The molecule has 1 aromatic rings. The molecule has 130 valence electrons. The second-order valence-corrected chi connectivity index (χ2v) is 8.62. The number of nitrogens with one attached hydrogen (secondary N) is 1. The molecule has 1 aromatic heterocycles. The maximum absolute atomic E-state index is 12.2. The number of carbonyl (C=O) groups is 1. The molecule has 0 unspecified atom stereocenters. The van der Waals surface area contributed by atoms with Crippen molar-refractivity contribution in [1.29, 1.82) is 0 Å². The number of unbranched alkanes of at least 4 members (excludes halogenated alkanes) is 1. The van der Waals surface area contributed by atoms with Gasteiger partial charge < -0.3 is 5.32 Å². The Morgan fingerprint density at radius 1 is 1.26 bits per heavy atom. The maximum Gasteiger partial charge on any atom is 0.220 e. The molecule has 0 atom stereocenters. The van der Waals surface area contributed by atoms with Crippen molar-refractivity contribution in [1.82, 2.24) is 14.6 Å². The molecule has 6 nitrogen and oxygen atoms in total. The van der Waals surface area contributed by atoms with Crippen molar-refractivity contribution in [3.63, 3.8) is 0 Å². The molecule has 1 fully saturated rings. The van der Waals surface area contributed by atoms with Gasteiger partial charge in [-0.1, -0.05) is 6.42 Å². The number of carbonyl (C=O) groups excluding carboxylic acids is 1. The molecule has 0 saturated carbocycles. The summed E-state index contributed by atoms with van der Waals surface area (Å²) in [6.45, 7) is 1.88. The fourth-order valence-electron chi connectivity index (χ4n) is 2.62. The lowest BCUT2D eigenvalue weighted by Gasteiger charge is -2.25. The fourth-order valence-corrected chi connectivity index (χ4v) is 4.86. The first kappa shape index (κ1) is 18.4. The summed E-state index contributed by atoms with van der Waals surface area (Å²) in [5.41, 5.74) is 2.77. The Bertz CT molecular complexity index is 567. The topological polar surface area (TPSA) is 79.4 Å². The van der Waals surface area contributed by atoms with Crippen LogP contribution in [0.15, 0.2) is 10.9 Å². The standard InChI is InChI=1S/C15H25N3O3S2/c19-15(16-8-7-14-12-22-13-17-14)6-2-5-11-23(20,21)18-9-3-1-4-10-18/h12-13H,1-11H2,(H,16,19). The molecular weight excluding hydrogens is 334 g/mol. The average molecular weight is 360 g/mol. The SMILES string of the molecule is O=C(CCCCS(=O)(=O)N1CCCCC1)NCCc1cscn1. The Hall–Kier alpha value is -0.990. The number of hydrogen-bond acceptors (Lipinski definition) is 5. The first-order chi connectivity index (χ1) is 11.1. The summed E-state index contributed by atoms with van der Waals surface area (Å²) in [6, 6.07) is 0. The molecule has 1 aliphatic heterocycles. The lowest BCUT2D eigenvalue weighted by molar-refractivity contribution is -0.121. The van der Waals surface area contributed by atoms with Crippen LogP contribution in [0.3, 0.4) is 0 Å².